The van der Waals surface area contributed by atoms with Crippen LogP contribution in [-0.4, -0.2) is 34.9 Å². The number of anilines is 2. The van der Waals surface area contributed by atoms with E-state index in [0.717, 1.165) is 47.0 Å². The fourth-order valence-corrected chi connectivity index (χ4v) is 4.62. The number of nitrogens with two attached hydrogens (primary N) is 1. The van der Waals surface area contributed by atoms with Crippen molar-refractivity contribution >= 4 is 33.9 Å². The summed E-state index contributed by atoms with van der Waals surface area (Å²) in [5.41, 5.74) is 8.36. The van der Waals surface area contributed by atoms with Crippen molar-refractivity contribution in [1.29, 1.82) is 0 Å². The van der Waals surface area contributed by atoms with Crippen molar-refractivity contribution in [1.82, 2.24) is 14.9 Å². The Morgan fingerprint density at radius 3 is 2.56 bits per heavy atom. The van der Waals surface area contributed by atoms with Crippen molar-refractivity contribution in [3.63, 3.8) is 0 Å². The van der Waals surface area contributed by atoms with Gasteiger partial charge >= 0.3 is 6.18 Å². The molecule has 1 heterocycles. The zero-order chi connectivity index (χ0) is 26.2. The van der Waals surface area contributed by atoms with E-state index in [9.17, 15) is 18.0 Å². The normalized spacial score (nSPS) is 17.0. The predicted molar refractivity (Wildman–Crippen MR) is 136 cm³/mol. The molecular weight excluding hydrogens is 467 g/mol. The molecule has 190 valence electrons. The minimum atomic E-state index is -4.49. The summed E-state index contributed by atoms with van der Waals surface area (Å²) >= 11 is 0. The first-order valence-electron chi connectivity index (χ1n) is 11.9. The molecule has 0 bridgehead atoms. The van der Waals surface area contributed by atoms with Gasteiger partial charge in [-0.25, -0.2) is 9.97 Å². The number of alkyl halides is 3. The van der Waals surface area contributed by atoms with Gasteiger partial charge in [0.1, 0.15) is 11.6 Å². The van der Waals surface area contributed by atoms with Crippen LogP contribution < -0.4 is 11.1 Å². The number of rotatable bonds is 5. The fourth-order valence-electron chi connectivity index (χ4n) is 4.62. The molecule has 0 radical (unpaired) electrons. The van der Waals surface area contributed by atoms with E-state index in [4.69, 9.17) is 5.73 Å². The van der Waals surface area contributed by atoms with Crippen molar-refractivity contribution in [2.24, 2.45) is 5.92 Å². The van der Waals surface area contributed by atoms with Crippen LogP contribution in [0.3, 0.4) is 0 Å². The van der Waals surface area contributed by atoms with Crippen LogP contribution in [0.25, 0.3) is 16.5 Å². The Bertz CT molecular complexity index is 1330. The summed E-state index contributed by atoms with van der Waals surface area (Å²) in [5, 5.41) is 4.04. The van der Waals surface area contributed by atoms with E-state index in [-0.39, 0.29) is 17.5 Å². The highest BCUT2D eigenvalue weighted by Gasteiger charge is 2.31. The van der Waals surface area contributed by atoms with Crippen LogP contribution in [0.4, 0.5) is 24.7 Å². The van der Waals surface area contributed by atoms with Crippen LogP contribution in [0.5, 0.6) is 0 Å². The molecule has 0 spiro atoms. The number of nitrogens with zero attached hydrogens (tertiary/aromatic N) is 3. The Hall–Kier alpha value is -3.62. The average molecular weight is 498 g/mol. The van der Waals surface area contributed by atoms with Crippen molar-refractivity contribution in [3.05, 3.63) is 65.0 Å². The molecule has 0 aliphatic heterocycles. The van der Waals surface area contributed by atoms with Crippen molar-refractivity contribution in [2.45, 2.75) is 45.3 Å². The topological polar surface area (TPSA) is 84.1 Å². The van der Waals surface area contributed by atoms with E-state index in [1.54, 1.807) is 32.8 Å². The molecular formula is C27H30F3N5O. The van der Waals surface area contributed by atoms with Gasteiger partial charge in [-0.05, 0) is 80.1 Å². The van der Waals surface area contributed by atoms with Gasteiger partial charge in [0.15, 0.2) is 0 Å². The maximum atomic E-state index is 13.3. The number of allylic oxidation sites excluding steroid dienone is 2. The van der Waals surface area contributed by atoms with Gasteiger partial charge in [0.25, 0.3) is 0 Å². The highest BCUT2D eigenvalue weighted by molar-refractivity contribution is 5.92. The quantitative estimate of drug-likeness (QED) is 0.424. The second kappa shape index (κ2) is 9.79. The molecule has 9 heteroatoms. The maximum absolute atomic E-state index is 13.3. The number of fused-ring (bicyclic) bond motifs is 1. The summed E-state index contributed by atoms with van der Waals surface area (Å²) in [4.78, 5) is 23.0. The average Bonchev–Trinajstić information content (AvgIpc) is 2.82. The summed E-state index contributed by atoms with van der Waals surface area (Å²) in [6.07, 6.45) is -0.114. The predicted octanol–water partition coefficient (Wildman–Crippen LogP) is 5.98. The zero-order valence-electron chi connectivity index (χ0n) is 20.8. The molecule has 36 heavy (non-hydrogen) atoms. The summed E-state index contributed by atoms with van der Waals surface area (Å²) in [6, 6.07) is 9.03. The summed E-state index contributed by atoms with van der Waals surface area (Å²) in [5.74, 6) is 1.23. The van der Waals surface area contributed by atoms with Gasteiger partial charge in [0, 0.05) is 31.1 Å². The van der Waals surface area contributed by atoms with Crippen LogP contribution >= 0.6 is 0 Å². The third-order valence-corrected chi connectivity index (χ3v) is 6.54. The fraction of sp³-hybridized carbons (Fsp3) is 0.370. The Kier molecular flexibility index (Phi) is 6.93. The van der Waals surface area contributed by atoms with Crippen molar-refractivity contribution < 1.29 is 18.0 Å². The lowest BCUT2D eigenvalue weighted by Gasteiger charge is -2.24. The van der Waals surface area contributed by atoms with Crippen molar-refractivity contribution in [2.75, 3.05) is 25.1 Å². The summed E-state index contributed by atoms with van der Waals surface area (Å²) in [7, 11) is 3.55. The van der Waals surface area contributed by atoms with Crippen LogP contribution in [0, 0.1) is 12.8 Å². The van der Waals surface area contributed by atoms with Crippen LogP contribution in [0.1, 0.15) is 54.7 Å². The van der Waals surface area contributed by atoms with E-state index in [1.807, 2.05) is 18.2 Å². The molecule has 0 saturated carbocycles. The highest BCUT2D eigenvalue weighted by Crippen LogP contribution is 2.36. The molecule has 1 amide bonds. The number of nitrogens with one attached hydrogen (secondary N) is 1. The van der Waals surface area contributed by atoms with Gasteiger partial charge in [-0.3, -0.25) is 4.79 Å². The SMILES string of the molecule is Cc1nc(N[C@H](C)c2cc(N)cc(C(F)(F)F)c2)c2cc(C3=CCC(C(=O)N(C)C)CC3)ccc2n1. The number of aryl methyl sites for hydroxylation is 1. The van der Waals surface area contributed by atoms with Gasteiger partial charge < -0.3 is 16.0 Å². The van der Waals surface area contributed by atoms with E-state index >= 15 is 0 Å². The van der Waals surface area contributed by atoms with Crippen LogP contribution in [0.15, 0.2) is 42.5 Å². The Morgan fingerprint density at radius 2 is 1.92 bits per heavy atom. The Labute approximate surface area is 208 Å². The first kappa shape index (κ1) is 25.5. The number of carbonyl (C=O) groups is 1. The molecule has 3 N–H and O–H groups in total. The van der Waals surface area contributed by atoms with Gasteiger partial charge in [0.2, 0.25) is 5.91 Å². The number of nitrogen functional groups attached to an aromatic ring is 1. The lowest BCUT2D eigenvalue weighted by Crippen LogP contribution is -2.30. The lowest BCUT2D eigenvalue weighted by atomic mass is 9.85. The minimum Gasteiger partial charge on any atom is -0.399 e. The molecule has 2 atom stereocenters. The zero-order valence-corrected chi connectivity index (χ0v) is 20.8. The molecule has 1 aromatic heterocycles. The molecule has 1 unspecified atom stereocenters. The summed E-state index contributed by atoms with van der Waals surface area (Å²) in [6.45, 7) is 3.55. The highest BCUT2D eigenvalue weighted by atomic mass is 19.4. The monoisotopic (exact) mass is 497 g/mol. The standard InChI is InChI=1S/C27H30F3N5O/c1-15(20-11-21(27(28,29)30)14-22(31)12-20)32-25-23-13-19(9-10-24(23)33-16(2)34-25)17-5-7-18(8-6-17)26(36)35(3)4/h5,9-15,18H,6-8,31H2,1-4H3,(H,32,33,34)/t15-,18?/m1/s1. The molecule has 1 aliphatic carbocycles. The number of carbonyl (C=O) groups excluding carboxylic acids is 1. The van der Waals surface area contributed by atoms with E-state index in [0.29, 0.717) is 23.6 Å². The molecule has 4 rings (SSSR count). The first-order valence-corrected chi connectivity index (χ1v) is 11.9. The number of hydrogen-bond acceptors (Lipinski definition) is 5. The summed E-state index contributed by atoms with van der Waals surface area (Å²) < 4.78 is 39.9. The Morgan fingerprint density at radius 1 is 1.17 bits per heavy atom. The van der Waals surface area contributed by atoms with E-state index in [1.165, 1.54) is 6.07 Å². The van der Waals surface area contributed by atoms with Gasteiger partial charge in [0.05, 0.1) is 17.1 Å². The van der Waals surface area contributed by atoms with E-state index in [2.05, 4.69) is 21.4 Å². The number of aromatic nitrogens is 2. The molecule has 2 aromatic carbocycles. The second-order valence-electron chi connectivity index (χ2n) is 9.54. The molecule has 0 saturated heterocycles. The van der Waals surface area contributed by atoms with Gasteiger partial charge in [-0.15, -0.1) is 0 Å². The van der Waals surface area contributed by atoms with Crippen LogP contribution in [-0.2, 0) is 11.0 Å². The molecule has 3 aromatic rings. The third-order valence-electron chi connectivity index (χ3n) is 6.54. The number of benzene rings is 2. The maximum Gasteiger partial charge on any atom is 0.416 e. The lowest BCUT2D eigenvalue weighted by molar-refractivity contribution is -0.137. The van der Waals surface area contributed by atoms with Gasteiger partial charge in [-0.1, -0.05) is 12.1 Å². The van der Waals surface area contributed by atoms with Crippen LogP contribution in [0.2, 0.25) is 0 Å². The smallest absolute Gasteiger partial charge is 0.399 e. The molecule has 6 nitrogen and oxygen atoms in total. The number of hydrogen-bond donors (Lipinski definition) is 2. The molecule has 0 fully saturated rings. The number of amides is 1. The number of halogens is 3. The minimum absolute atomic E-state index is 0.00633. The first-order chi connectivity index (χ1) is 16.9. The molecule has 1 aliphatic rings. The van der Waals surface area contributed by atoms with E-state index < -0.39 is 17.8 Å². The van der Waals surface area contributed by atoms with Gasteiger partial charge in [-0.2, -0.15) is 13.2 Å². The second-order valence-corrected chi connectivity index (χ2v) is 9.54. The third kappa shape index (κ3) is 5.45. The van der Waals surface area contributed by atoms with Crippen molar-refractivity contribution in [3.8, 4) is 0 Å². The largest absolute Gasteiger partial charge is 0.416 e. The Balaban J connectivity index is 1.65.